The van der Waals surface area contributed by atoms with Crippen molar-refractivity contribution < 1.29 is 9.15 Å². The maximum atomic E-state index is 6.19. The van der Waals surface area contributed by atoms with E-state index in [1.54, 1.807) is 6.20 Å². The largest absolute Gasteiger partial charge is 0.465 e. The van der Waals surface area contributed by atoms with Crippen molar-refractivity contribution >= 4 is 0 Å². The second-order valence-corrected chi connectivity index (χ2v) is 6.59. The topological polar surface area (TPSA) is 43.4 Å². The Hall–Kier alpha value is -2.37. The van der Waals surface area contributed by atoms with E-state index < -0.39 is 0 Å². The van der Waals surface area contributed by atoms with E-state index in [0.29, 0.717) is 6.61 Å². The van der Waals surface area contributed by atoms with Crippen LogP contribution in [0.5, 0.6) is 0 Å². The van der Waals surface area contributed by atoms with Gasteiger partial charge in [-0.15, -0.1) is 0 Å². The van der Waals surface area contributed by atoms with Crippen LogP contribution in [0.3, 0.4) is 0 Å². The monoisotopic (exact) mass is 337 g/mol. The lowest BCUT2D eigenvalue weighted by Gasteiger charge is -2.23. The van der Waals surface area contributed by atoms with Gasteiger partial charge in [0.1, 0.15) is 11.5 Å². The van der Waals surface area contributed by atoms with Gasteiger partial charge in [-0.1, -0.05) is 6.07 Å². The maximum Gasteiger partial charge on any atom is 0.118 e. The van der Waals surface area contributed by atoms with Crippen molar-refractivity contribution in [3.63, 3.8) is 0 Å². The highest BCUT2D eigenvalue weighted by atomic mass is 16.5. The van der Waals surface area contributed by atoms with Gasteiger partial charge in [0.2, 0.25) is 0 Å². The van der Waals surface area contributed by atoms with Crippen LogP contribution in [0.25, 0.3) is 0 Å². The molecule has 5 nitrogen and oxygen atoms in total. The van der Waals surface area contributed by atoms with E-state index in [2.05, 4.69) is 38.8 Å². The van der Waals surface area contributed by atoms with Crippen molar-refractivity contribution in [2.75, 3.05) is 6.54 Å². The summed E-state index contributed by atoms with van der Waals surface area (Å²) in [5.74, 6) is 1.96. The van der Waals surface area contributed by atoms with Crippen molar-refractivity contribution in [1.29, 1.82) is 0 Å². The highest BCUT2D eigenvalue weighted by molar-refractivity contribution is 5.10. The zero-order valence-corrected chi connectivity index (χ0v) is 14.5. The molecule has 130 valence electrons. The number of rotatable bonds is 5. The molecular formula is C20H23N3O2. The van der Waals surface area contributed by atoms with Crippen molar-refractivity contribution in [3.8, 4) is 0 Å². The van der Waals surface area contributed by atoms with Crippen LogP contribution in [-0.2, 0) is 31.0 Å². The molecule has 0 fully saturated rings. The van der Waals surface area contributed by atoms with Crippen LogP contribution >= 0.6 is 0 Å². The normalized spacial score (nSPS) is 18.0. The first kappa shape index (κ1) is 16.1. The van der Waals surface area contributed by atoms with Crippen LogP contribution < -0.4 is 0 Å². The molecule has 0 saturated heterocycles. The minimum Gasteiger partial charge on any atom is -0.465 e. The zero-order valence-electron chi connectivity index (χ0n) is 14.5. The Bertz CT molecular complexity index is 809. The van der Waals surface area contributed by atoms with Gasteiger partial charge in [0, 0.05) is 37.7 Å². The van der Waals surface area contributed by atoms with Crippen molar-refractivity contribution in [2.24, 2.45) is 0 Å². The fourth-order valence-electron chi connectivity index (χ4n) is 3.33. The van der Waals surface area contributed by atoms with Gasteiger partial charge in [-0.2, -0.15) is 0 Å². The van der Waals surface area contributed by atoms with E-state index >= 15 is 0 Å². The molecule has 0 N–H and O–H groups in total. The molecular weight excluding hydrogens is 314 g/mol. The molecule has 0 spiro atoms. The van der Waals surface area contributed by atoms with Crippen molar-refractivity contribution in [3.05, 3.63) is 77.8 Å². The molecule has 1 aliphatic heterocycles. The number of hydrogen-bond acceptors (Lipinski definition) is 4. The first-order chi connectivity index (χ1) is 12.3. The maximum absolute atomic E-state index is 6.19. The Morgan fingerprint density at radius 3 is 2.92 bits per heavy atom. The van der Waals surface area contributed by atoms with Crippen LogP contribution in [-0.4, -0.2) is 27.1 Å². The van der Waals surface area contributed by atoms with Gasteiger partial charge in [-0.3, -0.25) is 9.88 Å². The molecule has 3 aromatic heterocycles. The van der Waals surface area contributed by atoms with Crippen LogP contribution in [0, 0.1) is 6.92 Å². The number of nitrogens with zero attached hydrogens (tertiary/aromatic N) is 3. The third kappa shape index (κ3) is 4.00. The summed E-state index contributed by atoms with van der Waals surface area (Å²) < 4.78 is 14.2. The lowest BCUT2D eigenvalue weighted by molar-refractivity contribution is 0.00618. The van der Waals surface area contributed by atoms with Gasteiger partial charge in [-0.25, -0.2) is 0 Å². The fourth-order valence-corrected chi connectivity index (χ4v) is 3.33. The van der Waals surface area contributed by atoms with Crippen LogP contribution in [0.4, 0.5) is 0 Å². The number of pyridine rings is 1. The van der Waals surface area contributed by atoms with Gasteiger partial charge >= 0.3 is 0 Å². The molecule has 3 aromatic rings. The third-order valence-corrected chi connectivity index (χ3v) is 4.54. The highest BCUT2D eigenvalue weighted by Crippen LogP contribution is 2.19. The Morgan fingerprint density at radius 1 is 1.16 bits per heavy atom. The predicted molar refractivity (Wildman–Crippen MR) is 94.8 cm³/mol. The fraction of sp³-hybridized carbons (Fsp3) is 0.350. The lowest BCUT2D eigenvalue weighted by Crippen LogP contribution is -2.32. The van der Waals surface area contributed by atoms with Crippen LogP contribution in [0.2, 0.25) is 0 Å². The number of hydrogen-bond donors (Lipinski definition) is 0. The molecule has 1 atom stereocenters. The minimum atomic E-state index is 0.117. The average molecular weight is 337 g/mol. The molecule has 0 radical (unpaired) electrons. The van der Waals surface area contributed by atoms with E-state index in [1.165, 1.54) is 5.69 Å². The summed E-state index contributed by atoms with van der Waals surface area (Å²) in [7, 11) is 0. The number of ether oxygens (including phenoxy) is 1. The number of furan rings is 1. The molecule has 4 heterocycles. The van der Waals surface area contributed by atoms with E-state index in [0.717, 1.165) is 43.4 Å². The second-order valence-electron chi connectivity index (χ2n) is 6.59. The van der Waals surface area contributed by atoms with Gasteiger partial charge < -0.3 is 13.7 Å². The van der Waals surface area contributed by atoms with Crippen LogP contribution in [0.15, 0.2) is 59.3 Å². The van der Waals surface area contributed by atoms with Crippen molar-refractivity contribution in [2.45, 2.75) is 39.3 Å². The zero-order chi connectivity index (χ0) is 17.1. The molecule has 0 aliphatic carbocycles. The summed E-state index contributed by atoms with van der Waals surface area (Å²) >= 11 is 0. The van der Waals surface area contributed by atoms with E-state index in [-0.39, 0.29) is 6.10 Å². The second kappa shape index (κ2) is 7.25. The summed E-state index contributed by atoms with van der Waals surface area (Å²) in [6, 6.07) is 14.3. The molecule has 0 saturated carbocycles. The minimum absolute atomic E-state index is 0.117. The molecule has 0 unspecified atom stereocenters. The van der Waals surface area contributed by atoms with Gasteiger partial charge in [-0.05, 0) is 43.3 Å². The summed E-state index contributed by atoms with van der Waals surface area (Å²) in [5, 5.41) is 0. The summed E-state index contributed by atoms with van der Waals surface area (Å²) in [6.07, 6.45) is 4.06. The number of fused-ring (bicyclic) bond motifs is 1. The molecule has 5 heteroatoms. The van der Waals surface area contributed by atoms with Crippen LogP contribution in [0.1, 0.15) is 22.9 Å². The number of aryl methyl sites for hydroxylation is 1. The Balaban J connectivity index is 1.47. The standard InChI is InChI=1S/C20H23N3O2/c1-16-7-8-19(25-16)12-22-11-18-6-4-10-23(18)14-20(13-22)24-15-17-5-2-3-9-21-17/h2-10,20H,11-15H2,1H3/t20-/m1/s1. The highest BCUT2D eigenvalue weighted by Gasteiger charge is 2.23. The Kier molecular flexibility index (Phi) is 4.68. The molecule has 0 bridgehead atoms. The molecule has 25 heavy (non-hydrogen) atoms. The molecule has 1 aliphatic rings. The van der Waals surface area contributed by atoms with Gasteiger partial charge in [0.05, 0.1) is 24.9 Å². The quantitative estimate of drug-likeness (QED) is 0.716. The third-order valence-electron chi connectivity index (χ3n) is 4.54. The van der Waals surface area contributed by atoms with E-state index in [4.69, 9.17) is 9.15 Å². The lowest BCUT2D eigenvalue weighted by atomic mass is 10.3. The molecule has 4 rings (SSSR count). The predicted octanol–water partition coefficient (Wildman–Crippen LogP) is 3.39. The Morgan fingerprint density at radius 2 is 2.12 bits per heavy atom. The SMILES string of the molecule is Cc1ccc(CN2Cc3cccn3C[C@H](OCc3ccccn3)C2)o1. The smallest absolute Gasteiger partial charge is 0.118 e. The molecule has 0 aromatic carbocycles. The van der Waals surface area contributed by atoms with Gasteiger partial charge in [0.15, 0.2) is 0 Å². The molecule has 0 amide bonds. The first-order valence-electron chi connectivity index (χ1n) is 8.69. The summed E-state index contributed by atoms with van der Waals surface area (Å²) in [5.41, 5.74) is 2.28. The van der Waals surface area contributed by atoms with Gasteiger partial charge in [0.25, 0.3) is 0 Å². The summed E-state index contributed by atoms with van der Waals surface area (Å²) in [6.45, 7) is 5.95. The Labute approximate surface area is 147 Å². The number of aromatic nitrogens is 2. The van der Waals surface area contributed by atoms with Crippen molar-refractivity contribution in [1.82, 2.24) is 14.5 Å². The summed E-state index contributed by atoms with van der Waals surface area (Å²) in [4.78, 5) is 6.74. The van der Waals surface area contributed by atoms with E-state index in [1.807, 2.05) is 31.2 Å². The first-order valence-corrected chi connectivity index (χ1v) is 8.69. The van der Waals surface area contributed by atoms with E-state index in [9.17, 15) is 0 Å². The average Bonchev–Trinajstić information content (AvgIpc) is 3.19.